The van der Waals surface area contributed by atoms with E-state index >= 15 is 0 Å². The highest BCUT2D eigenvalue weighted by Gasteiger charge is 2.33. The summed E-state index contributed by atoms with van der Waals surface area (Å²) in [5.74, 6) is -1.32. The van der Waals surface area contributed by atoms with Gasteiger partial charge in [-0.2, -0.15) is 0 Å². The molecule has 0 bridgehead atoms. The van der Waals surface area contributed by atoms with Gasteiger partial charge in [-0.3, -0.25) is 9.59 Å². The molecule has 21 heavy (non-hydrogen) atoms. The van der Waals surface area contributed by atoms with Gasteiger partial charge in [-0.25, -0.2) is 0 Å². The highest BCUT2D eigenvalue weighted by molar-refractivity contribution is 7.98. The van der Waals surface area contributed by atoms with Gasteiger partial charge in [0.2, 0.25) is 5.91 Å². The number of hydrogen-bond acceptors (Lipinski definition) is 3. The topological polar surface area (TPSA) is 66.4 Å². The lowest BCUT2D eigenvalue weighted by Crippen LogP contribution is -2.29. The molecule has 0 saturated heterocycles. The molecule has 4 nitrogen and oxygen atoms in total. The Labute approximate surface area is 129 Å². The van der Waals surface area contributed by atoms with Crippen molar-refractivity contribution in [1.29, 1.82) is 0 Å². The summed E-state index contributed by atoms with van der Waals surface area (Å²) in [7, 11) is 0. The minimum atomic E-state index is -0.784. The van der Waals surface area contributed by atoms with Gasteiger partial charge >= 0.3 is 5.97 Å². The standard InChI is InChI=1S/C16H21NO3S/c1-10-3-4-13(14(7-10)21-2)9-17-15(18)11-5-6-12(8-11)16(19)20/h3-4,7,11-12H,5-6,8-9H2,1-2H3,(H,17,18)(H,19,20)/t11-,12+/m1/s1. The molecular formula is C16H21NO3S. The Balaban J connectivity index is 1.91. The number of carboxylic acid groups (broad SMARTS) is 1. The summed E-state index contributed by atoms with van der Waals surface area (Å²) in [5.41, 5.74) is 2.31. The molecule has 114 valence electrons. The van der Waals surface area contributed by atoms with E-state index in [4.69, 9.17) is 5.11 Å². The molecule has 1 aromatic rings. The lowest BCUT2D eigenvalue weighted by Gasteiger charge is -2.13. The fourth-order valence-corrected chi connectivity index (χ4v) is 3.47. The Kier molecular flexibility index (Phi) is 5.28. The van der Waals surface area contributed by atoms with Crippen LogP contribution in [0.5, 0.6) is 0 Å². The Morgan fingerprint density at radius 3 is 2.67 bits per heavy atom. The monoisotopic (exact) mass is 307 g/mol. The molecule has 0 heterocycles. The number of aryl methyl sites for hydroxylation is 1. The number of carboxylic acids is 1. The van der Waals surface area contributed by atoms with Crippen LogP contribution in [-0.4, -0.2) is 23.2 Å². The van der Waals surface area contributed by atoms with Crippen LogP contribution in [0.1, 0.15) is 30.4 Å². The largest absolute Gasteiger partial charge is 0.481 e. The molecule has 1 amide bonds. The van der Waals surface area contributed by atoms with Crippen molar-refractivity contribution in [3.05, 3.63) is 29.3 Å². The molecule has 1 fully saturated rings. The first-order valence-electron chi connectivity index (χ1n) is 7.15. The summed E-state index contributed by atoms with van der Waals surface area (Å²) in [5, 5.41) is 11.9. The molecule has 2 rings (SSSR count). The van der Waals surface area contributed by atoms with Gasteiger partial charge < -0.3 is 10.4 Å². The van der Waals surface area contributed by atoms with Crippen molar-refractivity contribution in [3.63, 3.8) is 0 Å². The minimum absolute atomic E-state index is 0.0219. The van der Waals surface area contributed by atoms with Crippen LogP contribution in [0.4, 0.5) is 0 Å². The van der Waals surface area contributed by atoms with Gasteiger partial charge in [-0.1, -0.05) is 12.1 Å². The molecule has 2 N–H and O–H groups in total. The second-order valence-corrected chi connectivity index (χ2v) is 6.43. The number of rotatable bonds is 5. The number of hydrogen-bond donors (Lipinski definition) is 2. The quantitative estimate of drug-likeness (QED) is 0.821. The van der Waals surface area contributed by atoms with Gasteiger partial charge in [0.05, 0.1) is 5.92 Å². The molecule has 0 spiro atoms. The highest BCUT2D eigenvalue weighted by Crippen LogP contribution is 2.31. The molecule has 0 radical (unpaired) electrons. The van der Waals surface area contributed by atoms with Crippen molar-refractivity contribution in [2.24, 2.45) is 11.8 Å². The fraction of sp³-hybridized carbons (Fsp3) is 0.500. The second kappa shape index (κ2) is 6.98. The molecule has 2 atom stereocenters. The lowest BCUT2D eigenvalue weighted by molar-refractivity contribution is -0.141. The maximum Gasteiger partial charge on any atom is 0.306 e. The van der Waals surface area contributed by atoms with Crippen LogP contribution in [0.15, 0.2) is 23.1 Å². The normalized spacial score (nSPS) is 21.2. The van der Waals surface area contributed by atoms with Crippen LogP contribution in [0.25, 0.3) is 0 Å². The first-order chi connectivity index (χ1) is 10.0. The minimum Gasteiger partial charge on any atom is -0.481 e. The summed E-state index contributed by atoms with van der Waals surface area (Å²) in [6.07, 6.45) is 3.76. The van der Waals surface area contributed by atoms with E-state index in [1.54, 1.807) is 11.8 Å². The summed E-state index contributed by atoms with van der Waals surface area (Å²) in [6, 6.07) is 6.19. The van der Waals surface area contributed by atoms with Crippen LogP contribution >= 0.6 is 11.8 Å². The molecule has 5 heteroatoms. The summed E-state index contributed by atoms with van der Waals surface area (Å²) in [6.45, 7) is 2.55. The van der Waals surface area contributed by atoms with E-state index in [2.05, 4.69) is 11.4 Å². The molecule has 0 aromatic heterocycles. The number of carbonyl (C=O) groups excluding carboxylic acids is 1. The van der Waals surface area contributed by atoms with E-state index < -0.39 is 5.97 Å². The number of nitrogens with one attached hydrogen (secondary N) is 1. The van der Waals surface area contributed by atoms with Gasteiger partial charge in [-0.05, 0) is 49.6 Å². The van der Waals surface area contributed by atoms with Crippen molar-refractivity contribution < 1.29 is 14.7 Å². The van der Waals surface area contributed by atoms with E-state index in [9.17, 15) is 9.59 Å². The van der Waals surface area contributed by atoms with Crippen molar-refractivity contribution in [2.45, 2.75) is 37.6 Å². The van der Waals surface area contributed by atoms with E-state index in [1.165, 1.54) is 10.5 Å². The summed E-state index contributed by atoms with van der Waals surface area (Å²) >= 11 is 1.67. The fourth-order valence-electron chi connectivity index (χ4n) is 2.77. The average Bonchev–Trinajstić information content (AvgIpc) is 2.95. The van der Waals surface area contributed by atoms with Gasteiger partial charge in [0.1, 0.15) is 0 Å². The third kappa shape index (κ3) is 4.00. The number of carbonyl (C=O) groups is 2. The molecule has 1 aromatic carbocycles. The number of benzene rings is 1. The van der Waals surface area contributed by atoms with E-state index in [-0.39, 0.29) is 17.7 Å². The zero-order valence-electron chi connectivity index (χ0n) is 12.4. The zero-order valence-corrected chi connectivity index (χ0v) is 13.2. The highest BCUT2D eigenvalue weighted by atomic mass is 32.2. The smallest absolute Gasteiger partial charge is 0.306 e. The number of amides is 1. The predicted octanol–water partition coefficient (Wildman–Crippen LogP) is 2.83. The Bertz CT molecular complexity index is 544. The lowest BCUT2D eigenvalue weighted by atomic mass is 10.0. The van der Waals surface area contributed by atoms with Crippen molar-refractivity contribution in [1.82, 2.24) is 5.32 Å². The van der Waals surface area contributed by atoms with Gasteiger partial charge in [0.25, 0.3) is 0 Å². The van der Waals surface area contributed by atoms with E-state index in [1.807, 2.05) is 25.3 Å². The number of thioether (sulfide) groups is 1. The molecule has 0 aliphatic heterocycles. The van der Waals surface area contributed by atoms with Gasteiger partial charge in [-0.15, -0.1) is 11.8 Å². The number of aliphatic carboxylic acids is 1. The first-order valence-corrected chi connectivity index (χ1v) is 8.37. The average molecular weight is 307 g/mol. The van der Waals surface area contributed by atoms with Crippen molar-refractivity contribution in [2.75, 3.05) is 6.26 Å². The Morgan fingerprint density at radius 1 is 1.33 bits per heavy atom. The molecule has 1 saturated carbocycles. The summed E-state index contributed by atoms with van der Waals surface area (Å²) in [4.78, 5) is 24.2. The van der Waals surface area contributed by atoms with Crippen LogP contribution in [0.3, 0.4) is 0 Å². The third-order valence-electron chi connectivity index (χ3n) is 4.05. The van der Waals surface area contributed by atoms with Crippen molar-refractivity contribution >= 4 is 23.6 Å². The molecular weight excluding hydrogens is 286 g/mol. The Morgan fingerprint density at radius 2 is 2.05 bits per heavy atom. The van der Waals surface area contributed by atoms with Crippen molar-refractivity contribution in [3.8, 4) is 0 Å². The third-order valence-corrected chi connectivity index (χ3v) is 4.87. The maximum atomic E-state index is 12.1. The first kappa shape index (κ1) is 15.9. The zero-order chi connectivity index (χ0) is 15.4. The summed E-state index contributed by atoms with van der Waals surface area (Å²) < 4.78 is 0. The Hall–Kier alpha value is -1.49. The maximum absolute atomic E-state index is 12.1. The van der Waals surface area contributed by atoms with Crippen LogP contribution in [-0.2, 0) is 16.1 Å². The second-order valence-electron chi connectivity index (χ2n) is 5.58. The van der Waals surface area contributed by atoms with Crippen LogP contribution in [0, 0.1) is 18.8 Å². The predicted molar refractivity (Wildman–Crippen MR) is 83.3 cm³/mol. The molecule has 1 aliphatic carbocycles. The van der Waals surface area contributed by atoms with Gasteiger partial charge in [0, 0.05) is 17.4 Å². The van der Waals surface area contributed by atoms with E-state index in [0.717, 1.165) is 5.56 Å². The molecule has 0 unspecified atom stereocenters. The SMILES string of the molecule is CSc1cc(C)ccc1CNC(=O)[C@@H]1CC[C@H](C(=O)O)C1. The molecule has 1 aliphatic rings. The van der Waals surface area contributed by atoms with Gasteiger partial charge in [0.15, 0.2) is 0 Å². The van der Waals surface area contributed by atoms with E-state index in [0.29, 0.717) is 25.8 Å². The van der Waals surface area contributed by atoms with Crippen LogP contribution in [0.2, 0.25) is 0 Å². The van der Waals surface area contributed by atoms with Crippen LogP contribution < -0.4 is 5.32 Å².